The Bertz CT molecular complexity index is 1310. The molecule has 1 N–H and O–H groups in total. The highest BCUT2D eigenvalue weighted by atomic mass is 79.9. The Morgan fingerprint density at radius 1 is 0.977 bits per heavy atom. The average Bonchev–Trinajstić information content (AvgIpc) is 3.17. The normalized spacial score (nSPS) is 19.1. The SMILES string of the molecule is Cc1cc(C[C@@H](OC(=O)N2CCC(N3CCc4ccccc4NC3=O)CC2)C(=O)N2CCC(N(C)C)CC2)cc(C)c1Br. The van der Waals surface area contributed by atoms with Crippen LogP contribution in [0.3, 0.4) is 0 Å². The lowest BCUT2D eigenvalue weighted by molar-refractivity contribution is -0.142. The molecule has 0 aliphatic carbocycles. The fourth-order valence-electron chi connectivity index (χ4n) is 6.65. The minimum Gasteiger partial charge on any atom is -0.436 e. The number of likely N-dealkylation sites (tertiary alicyclic amines) is 2. The summed E-state index contributed by atoms with van der Waals surface area (Å²) in [6.45, 7) is 6.97. The van der Waals surface area contributed by atoms with E-state index >= 15 is 0 Å². The molecule has 0 aromatic heterocycles. The number of carbonyl (C=O) groups is 3. The maximum Gasteiger partial charge on any atom is 0.410 e. The fourth-order valence-corrected chi connectivity index (χ4v) is 6.88. The minimum atomic E-state index is -0.893. The molecule has 10 heteroatoms. The molecule has 9 nitrogen and oxygen atoms in total. The highest BCUT2D eigenvalue weighted by Crippen LogP contribution is 2.27. The first kappa shape index (κ1) is 31.3. The Balaban J connectivity index is 1.23. The number of piperidine rings is 2. The Kier molecular flexibility index (Phi) is 9.96. The van der Waals surface area contributed by atoms with Crippen LogP contribution in [0.1, 0.15) is 47.9 Å². The number of hydrogen-bond acceptors (Lipinski definition) is 5. The van der Waals surface area contributed by atoms with Crippen LogP contribution in [0.5, 0.6) is 0 Å². The smallest absolute Gasteiger partial charge is 0.410 e. The molecule has 0 unspecified atom stereocenters. The number of nitrogens with zero attached hydrogens (tertiary/aromatic N) is 4. The molecule has 3 heterocycles. The Labute approximate surface area is 263 Å². The van der Waals surface area contributed by atoms with E-state index in [4.69, 9.17) is 4.74 Å². The number of benzene rings is 2. The number of fused-ring (bicyclic) bond motifs is 1. The maximum atomic E-state index is 13.8. The van der Waals surface area contributed by atoms with E-state index in [2.05, 4.69) is 58.4 Å². The number of hydrogen-bond donors (Lipinski definition) is 1. The first-order chi connectivity index (χ1) is 20.6. The van der Waals surface area contributed by atoms with Gasteiger partial charge in [0.25, 0.3) is 5.91 Å². The van der Waals surface area contributed by atoms with E-state index in [-0.39, 0.29) is 18.0 Å². The molecule has 0 spiro atoms. The van der Waals surface area contributed by atoms with E-state index < -0.39 is 12.2 Å². The van der Waals surface area contributed by atoms with Gasteiger partial charge < -0.3 is 29.7 Å². The summed E-state index contributed by atoms with van der Waals surface area (Å²) in [6.07, 6.45) is 2.91. The molecule has 0 bridgehead atoms. The van der Waals surface area contributed by atoms with Gasteiger partial charge in [0.2, 0.25) is 0 Å². The second kappa shape index (κ2) is 13.7. The van der Waals surface area contributed by atoms with Gasteiger partial charge >= 0.3 is 12.1 Å². The van der Waals surface area contributed by atoms with Crippen LogP contribution in [-0.2, 0) is 22.4 Å². The molecular weight excluding hydrogens is 610 g/mol. The zero-order chi connectivity index (χ0) is 30.7. The van der Waals surface area contributed by atoms with Crippen molar-refractivity contribution in [2.75, 3.05) is 52.1 Å². The lowest BCUT2D eigenvalue weighted by Gasteiger charge is -2.39. The summed E-state index contributed by atoms with van der Waals surface area (Å²) in [7, 11) is 4.15. The van der Waals surface area contributed by atoms with Crippen LogP contribution in [-0.4, -0.2) is 103 Å². The van der Waals surface area contributed by atoms with E-state index in [9.17, 15) is 14.4 Å². The predicted octanol–water partition coefficient (Wildman–Crippen LogP) is 5.22. The number of carbonyl (C=O) groups excluding carboxylic acids is 3. The van der Waals surface area contributed by atoms with Crippen LogP contribution in [0.15, 0.2) is 40.9 Å². The van der Waals surface area contributed by atoms with Gasteiger partial charge in [0.05, 0.1) is 0 Å². The number of para-hydroxylation sites is 1. The van der Waals surface area contributed by atoms with Crippen molar-refractivity contribution in [3.63, 3.8) is 0 Å². The monoisotopic (exact) mass is 653 g/mol. The molecule has 2 fully saturated rings. The summed E-state index contributed by atoms with van der Waals surface area (Å²) < 4.78 is 7.09. The average molecular weight is 655 g/mol. The molecule has 4 amide bonds. The summed E-state index contributed by atoms with van der Waals surface area (Å²) in [5.41, 5.74) is 5.15. The van der Waals surface area contributed by atoms with Gasteiger partial charge in [0, 0.05) is 61.4 Å². The zero-order valence-electron chi connectivity index (χ0n) is 25.8. The van der Waals surface area contributed by atoms with Crippen LogP contribution in [0.4, 0.5) is 15.3 Å². The zero-order valence-corrected chi connectivity index (χ0v) is 27.4. The number of amides is 4. The van der Waals surface area contributed by atoms with Gasteiger partial charge in [0.15, 0.2) is 6.10 Å². The third-order valence-corrected chi connectivity index (χ3v) is 10.5. The molecule has 232 valence electrons. The van der Waals surface area contributed by atoms with Gasteiger partial charge in [-0.15, -0.1) is 0 Å². The number of nitrogens with one attached hydrogen (secondary N) is 1. The number of aryl methyl sites for hydroxylation is 2. The van der Waals surface area contributed by atoms with E-state index in [1.807, 2.05) is 41.8 Å². The third-order valence-electron chi connectivity index (χ3n) is 9.25. The summed E-state index contributed by atoms with van der Waals surface area (Å²) in [5.74, 6) is -0.125. The molecule has 5 rings (SSSR count). The van der Waals surface area contributed by atoms with Crippen molar-refractivity contribution >= 4 is 39.6 Å². The van der Waals surface area contributed by atoms with E-state index in [1.165, 1.54) is 0 Å². The van der Waals surface area contributed by atoms with Gasteiger partial charge in [-0.05, 0) is 88.4 Å². The third kappa shape index (κ3) is 7.34. The molecule has 2 aromatic rings. The van der Waals surface area contributed by atoms with Crippen LogP contribution in [0, 0.1) is 13.8 Å². The number of anilines is 1. The Hall–Kier alpha value is -3.11. The summed E-state index contributed by atoms with van der Waals surface area (Å²) in [5, 5.41) is 3.05. The Morgan fingerprint density at radius 3 is 2.26 bits per heavy atom. The standard InChI is InChI=1S/C33H44BrN5O4/c1-22-19-24(20-23(2)30(22)34)21-29(31(40)37-14-10-26(11-15-37)36(3)4)43-33(42)38-16-12-27(13-17-38)39-18-9-25-7-5-6-8-28(25)35-32(39)41/h5-8,19-20,26-27,29H,9-18,21H2,1-4H3,(H,35,41)/t29-/m1/s1. The highest BCUT2D eigenvalue weighted by molar-refractivity contribution is 9.10. The number of halogens is 1. The molecule has 3 aliphatic rings. The summed E-state index contributed by atoms with van der Waals surface area (Å²) >= 11 is 3.63. The van der Waals surface area contributed by atoms with Crippen molar-refractivity contribution in [1.82, 2.24) is 19.6 Å². The second-order valence-electron chi connectivity index (χ2n) is 12.4. The van der Waals surface area contributed by atoms with Crippen molar-refractivity contribution in [2.24, 2.45) is 0 Å². The predicted molar refractivity (Wildman–Crippen MR) is 171 cm³/mol. The highest BCUT2D eigenvalue weighted by Gasteiger charge is 2.35. The molecular formula is C33H44BrN5O4. The first-order valence-electron chi connectivity index (χ1n) is 15.4. The molecule has 0 saturated carbocycles. The largest absolute Gasteiger partial charge is 0.436 e. The van der Waals surface area contributed by atoms with Crippen molar-refractivity contribution in [3.8, 4) is 0 Å². The molecule has 1 atom stereocenters. The van der Waals surface area contributed by atoms with Crippen molar-refractivity contribution in [2.45, 2.75) is 70.6 Å². The minimum absolute atomic E-state index is 0.0440. The maximum absolute atomic E-state index is 13.8. The van der Waals surface area contributed by atoms with Gasteiger partial charge in [-0.3, -0.25) is 4.79 Å². The lowest BCUT2D eigenvalue weighted by Crippen LogP contribution is -2.52. The molecule has 2 aromatic carbocycles. The lowest BCUT2D eigenvalue weighted by atomic mass is 10.00. The van der Waals surface area contributed by atoms with Gasteiger partial charge in [-0.25, -0.2) is 9.59 Å². The molecule has 2 saturated heterocycles. The molecule has 43 heavy (non-hydrogen) atoms. The second-order valence-corrected chi connectivity index (χ2v) is 13.2. The van der Waals surface area contributed by atoms with E-state index in [1.54, 1.807) is 4.90 Å². The topological polar surface area (TPSA) is 85.4 Å². The first-order valence-corrected chi connectivity index (χ1v) is 16.2. The van der Waals surface area contributed by atoms with Gasteiger partial charge in [-0.2, -0.15) is 0 Å². The summed E-state index contributed by atoms with van der Waals surface area (Å²) in [6, 6.07) is 12.4. The fraction of sp³-hybridized carbons (Fsp3) is 0.545. The van der Waals surface area contributed by atoms with E-state index in [0.29, 0.717) is 58.0 Å². The summed E-state index contributed by atoms with van der Waals surface area (Å²) in [4.78, 5) is 48.0. The quantitative estimate of drug-likeness (QED) is 0.462. The van der Waals surface area contributed by atoms with Gasteiger partial charge in [0.1, 0.15) is 0 Å². The van der Waals surface area contributed by atoms with Crippen LogP contribution < -0.4 is 5.32 Å². The number of ether oxygens (including phenoxy) is 1. The Morgan fingerprint density at radius 2 is 1.60 bits per heavy atom. The van der Waals surface area contributed by atoms with Crippen molar-refractivity contribution < 1.29 is 19.1 Å². The van der Waals surface area contributed by atoms with Crippen LogP contribution in [0.25, 0.3) is 0 Å². The molecule has 3 aliphatic heterocycles. The van der Waals surface area contributed by atoms with Gasteiger partial charge in [-0.1, -0.05) is 46.3 Å². The number of urea groups is 1. The van der Waals surface area contributed by atoms with Crippen molar-refractivity contribution in [1.29, 1.82) is 0 Å². The van der Waals surface area contributed by atoms with Crippen molar-refractivity contribution in [3.05, 3.63) is 63.1 Å². The van der Waals surface area contributed by atoms with Crippen LogP contribution >= 0.6 is 15.9 Å². The van der Waals surface area contributed by atoms with Crippen LogP contribution in [0.2, 0.25) is 0 Å². The number of rotatable bonds is 6. The van der Waals surface area contributed by atoms with E-state index in [0.717, 1.165) is 51.7 Å². The molecule has 0 radical (unpaired) electrons.